The van der Waals surface area contributed by atoms with Gasteiger partial charge in [0.2, 0.25) is 21.8 Å². The Kier molecular flexibility index (Phi) is 6.56. The van der Waals surface area contributed by atoms with Crippen LogP contribution in [0, 0.1) is 5.82 Å². The quantitative estimate of drug-likeness (QED) is 0.562. The van der Waals surface area contributed by atoms with Crippen LogP contribution < -0.4 is 10.0 Å². The maximum atomic E-state index is 13.8. The van der Waals surface area contributed by atoms with Crippen molar-refractivity contribution in [2.24, 2.45) is 0 Å². The van der Waals surface area contributed by atoms with Crippen molar-refractivity contribution in [3.63, 3.8) is 0 Å². The molecule has 1 amide bonds. The number of amides is 1. The maximum absolute atomic E-state index is 13.8. The molecule has 1 heterocycles. The van der Waals surface area contributed by atoms with Crippen LogP contribution in [0.15, 0.2) is 53.4 Å². The first kappa shape index (κ1) is 22.0. The van der Waals surface area contributed by atoms with Gasteiger partial charge in [0, 0.05) is 11.7 Å². The molecule has 168 valence electrons. The second-order valence-corrected chi connectivity index (χ2v) is 9.37. The Morgan fingerprint density at radius 2 is 1.78 bits per heavy atom. The van der Waals surface area contributed by atoms with E-state index in [4.69, 9.17) is 0 Å². The number of nitrogens with zero attached hydrogens (tertiary/aromatic N) is 4. The van der Waals surface area contributed by atoms with Crippen molar-refractivity contribution in [2.45, 2.75) is 49.6 Å². The third-order valence-electron chi connectivity index (χ3n) is 5.23. The van der Waals surface area contributed by atoms with Crippen molar-refractivity contribution in [1.82, 2.24) is 24.9 Å². The zero-order chi connectivity index (χ0) is 22.6. The van der Waals surface area contributed by atoms with Gasteiger partial charge in [0.15, 0.2) is 0 Å². The lowest BCUT2D eigenvalue weighted by Gasteiger charge is -2.22. The predicted octanol–water partition coefficient (Wildman–Crippen LogP) is 2.73. The smallest absolute Gasteiger partial charge is 0.248 e. The van der Waals surface area contributed by atoms with Gasteiger partial charge in [0.1, 0.15) is 12.4 Å². The Hall–Kier alpha value is -3.18. The van der Waals surface area contributed by atoms with E-state index >= 15 is 0 Å². The fraction of sp³-hybridized carbons (Fsp3) is 0.333. The summed E-state index contributed by atoms with van der Waals surface area (Å²) in [7, 11) is -3.61. The number of anilines is 1. The molecule has 32 heavy (non-hydrogen) atoms. The van der Waals surface area contributed by atoms with Crippen LogP contribution in [0.25, 0.3) is 11.4 Å². The first-order chi connectivity index (χ1) is 15.4. The molecule has 1 saturated carbocycles. The third kappa shape index (κ3) is 5.35. The van der Waals surface area contributed by atoms with Gasteiger partial charge in [-0.1, -0.05) is 31.4 Å². The molecule has 2 aromatic carbocycles. The molecule has 2 N–H and O–H groups in total. The minimum atomic E-state index is -3.61. The lowest BCUT2D eigenvalue weighted by molar-refractivity contribution is -0.117. The maximum Gasteiger partial charge on any atom is 0.248 e. The Morgan fingerprint density at radius 3 is 2.50 bits per heavy atom. The van der Waals surface area contributed by atoms with E-state index in [1.54, 1.807) is 12.1 Å². The summed E-state index contributed by atoms with van der Waals surface area (Å²) in [6, 6.07) is 11.9. The van der Waals surface area contributed by atoms with Crippen LogP contribution in [-0.4, -0.2) is 40.6 Å². The summed E-state index contributed by atoms with van der Waals surface area (Å²) < 4.78 is 41.7. The number of aromatic nitrogens is 4. The van der Waals surface area contributed by atoms with Crippen molar-refractivity contribution < 1.29 is 17.6 Å². The average Bonchev–Trinajstić information content (AvgIpc) is 3.23. The van der Waals surface area contributed by atoms with E-state index in [0.29, 0.717) is 5.69 Å². The van der Waals surface area contributed by atoms with E-state index in [-0.39, 0.29) is 28.9 Å². The van der Waals surface area contributed by atoms with E-state index in [2.05, 4.69) is 25.4 Å². The number of benzene rings is 2. The van der Waals surface area contributed by atoms with E-state index in [9.17, 15) is 17.6 Å². The lowest BCUT2D eigenvalue weighted by Crippen LogP contribution is -2.36. The molecule has 1 aromatic heterocycles. The number of rotatable bonds is 7. The van der Waals surface area contributed by atoms with Gasteiger partial charge in [0.05, 0.1) is 10.5 Å². The summed E-state index contributed by atoms with van der Waals surface area (Å²) >= 11 is 0. The number of tetrazole rings is 1. The monoisotopic (exact) mass is 458 g/mol. The molecule has 1 aliphatic rings. The highest BCUT2D eigenvalue weighted by Gasteiger charge is 2.22. The summed E-state index contributed by atoms with van der Waals surface area (Å²) in [4.78, 5) is 13.5. The molecule has 1 aliphatic carbocycles. The number of hydrogen-bond donors (Lipinski definition) is 2. The van der Waals surface area contributed by atoms with Crippen LogP contribution in [0.5, 0.6) is 0 Å². The largest absolute Gasteiger partial charge is 0.324 e. The van der Waals surface area contributed by atoms with Gasteiger partial charge in [-0.05, 0) is 54.5 Å². The molecule has 11 heteroatoms. The van der Waals surface area contributed by atoms with Gasteiger partial charge in [-0.25, -0.2) is 17.5 Å². The van der Waals surface area contributed by atoms with Crippen molar-refractivity contribution in [3.8, 4) is 11.4 Å². The number of hydrogen-bond acceptors (Lipinski definition) is 6. The zero-order valence-corrected chi connectivity index (χ0v) is 18.1. The van der Waals surface area contributed by atoms with Gasteiger partial charge in [0.25, 0.3) is 0 Å². The van der Waals surface area contributed by atoms with E-state index in [0.717, 1.165) is 36.9 Å². The fourth-order valence-corrected chi connectivity index (χ4v) is 4.92. The van der Waals surface area contributed by atoms with Gasteiger partial charge >= 0.3 is 0 Å². The van der Waals surface area contributed by atoms with Gasteiger partial charge < -0.3 is 5.32 Å². The first-order valence-electron chi connectivity index (χ1n) is 10.4. The number of carbonyl (C=O) groups is 1. The highest BCUT2D eigenvalue weighted by molar-refractivity contribution is 7.89. The van der Waals surface area contributed by atoms with Crippen LogP contribution in [0.2, 0.25) is 0 Å². The fourth-order valence-electron chi connectivity index (χ4n) is 3.61. The number of halogens is 1. The molecule has 0 radical (unpaired) electrons. The molecule has 0 spiro atoms. The second kappa shape index (κ2) is 9.53. The molecule has 0 unspecified atom stereocenters. The standard InChI is InChI=1S/C21H23FN6O3S/c22-19-9-5-4-8-18(19)21-24-27-28(25-21)14-20(29)23-15-10-12-17(13-11-15)32(30,31)26-16-6-2-1-3-7-16/h4-5,8-13,16,26H,1-3,6-7,14H2,(H,23,29). The molecule has 4 rings (SSSR count). The van der Waals surface area contributed by atoms with E-state index < -0.39 is 21.7 Å². The number of carbonyl (C=O) groups excluding carboxylic acids is 1. The zero-order valence-electron chi connectivity index (χ0n) is 17.2. The highest BCUT2D eigenvalue weighted by atomic mass is 32.2. The summed E-state index contributed by atoms with van der Waals surface area (Å²) in [5, 5.41) is 14.2. The molecule has 0 aliphatic heterocycles. The molecule has 0 saturated heterocycles. The summed E-state index contributed by atoms with van der Waals surface area (Å²) in [6.45, 7) is -0.231. The van der Waals surface area contributed by atoms with Crippen molar-refractivity contribution in [3.05, 3.63) is 54.3 Å². The Morgan fingerprint density at radius 1 is 1.06 bits per heavy atom. The van der Waals surface area contributed by atoms with Crippen molar-refractivity contribution in [2.75, 3.05) is 5.32 Å². The molecule has 9 nitrogen and oxygen atoms in total. The average molecular weight is 459 g/mol. The van der Waals surface area contributed by atoms with E-state index in [1.165, 1.54) is 36.4 Å². The summed E-state index contributed by atoms with van der Waals surface area (Å²) in [5.41, 5.74) is 0.624. The van der Waals surface area contributed by atoms with Crippen molar-refractivity contribution in [1.29, 1.82) is 0 Å². The molecular formula is C21H23FN6O3S. The number of sulfonamides is 1. The van der Waals surface area contributed by atoms with Crippen LogP contribution in [-0.2, 0) is 21.4 Å². The van der Waals surface area contributed by atoms with Crippen LogP contribution in [0.1, 0.15) is 32.1 Å². The SMILES string of the molecule is O=C(Cn1nnc(-c2ccccc2F)n1)Nc1ccc(S(=O)(=O)NC2CCCCC2)cc1. The van der Waals surface area contributed by atoms with Crippen LogP contribution >= 0.6 is 0 Å². The van der Waals surface area contributed by atoms with E-state index in [1.807, 2.05) is 0 Å². The van der Waals surface area contributed by atoms with Gasteiger partial charge in [-0.2, -0.15) is 4.80 Å². The van der Waals surface area contributed by atoms with Gasteiger partial charge in [-0.15, -0.1) is 10.2 Å². The highest BCUT2D eigenvalue weighted by Crippen LogP contribution is 2.21. The molecule has 1 fully saturated rings. The lowest BCUT2D eigenvalue weighted by atomic mass is 9.96. The number of nitrogens with one attached hydrogen (secondary N) is 2. The normalized spacial score (nSPS) is 14.9. The van der Waals surface area contributed by atoms with Crippen LogP contribution in [0.4, 0.5) is 10.1 Å². The Bertz CT molecular complexity index is 1190. The molecule has 0 bridgehead atoms. The molecule has 0 atom stereocenters. The molecule has 3 aromatic rings. The third-order valence-corrected chi connectivity index (χ3v) is 6.76. The molecular weight excluding hydrogens is 435 g/mol. The minimum absolute atomic E-state index is 0.0300. The summed E-state index contributed by atoms with van der Waals surface area (Å²) in [5.74, 6) is -0.834. The Labute approximate surface area is 185 Å². The predicted molar refractivity (Wildman–Crippen MR) is 115 cm³/mol. The van der Waals surface area contributed by atoms with Crippen molar-refractivity contribution >= 4 is 21.6 Å². The second-order valence-electron chi connectivity index (χ2n) is 7.65. The minimum Gasteiger partial charge on any atom is -0.324 e. The van der Waals surface area contributed by atoms with Gasteiger partial charge in [-0.3, -0.25) is 4.79 Å². The topological polar surface area (TPSA) is 119 Å². The first-order valence-corrected chi connectivity index (χ1v) is 11.8. The Balaban J connectivity index is 1.35. The summed E-state index contributed by atoms with van der Waals surface area (Å²) in [6.07, 6.45) is 4.90. The van der Waals surface area contributed by atoms with Crippen LogP contribution in [0.3, 0.4) is 0 Å².